The van der Waals surface area contributed by atoms with Crippen LogP contribution in [0.2, 0.25) is 25.7 Å². The summed E-state index contributed by atoms with van der Waals surface area (Å²) in [6.45, 7) is 7.44. The number of carbonyl (C=O) groups excluding carboxylic acids is 1. The maximum absolute atomic E-state index is 11.8. The third-order valence-electron chi connectivity index (χ3n) is 3.22. The minimum absolute atomic E-state index is 0. The molecule has 0 amide bonds. The lowest BCUT2D eigenvalue weighted by atomic mass is 9.85. The van der Waals surface area contributed by atoms with Gasteiger partial charge in [0.25, 0.3) is 0 Å². The molecule has 0 aromatic carbocycles. The predicted octanol–water partition coefficient (Wildman–Crippen LogP) is 2.81. The van der Waals surface area contributed by atoms with Crippen LogP contribution in [0.5, 0.6) is 0 Å². The summed E-state index contributed by atoms with van der Waals surface area (Å²) in [5.41, 5.74) is 5.95. The SMILES string of the molecule is C[Si](C)(C)CCOC(=O)[C@H]1CCCC[C@@H]1N.Cl. The van der Waals surface area contributed by atoms with Crippen molar-refractivity contribution in [2.45, 2.75) is 57.4 Å². The van der Waals surface area contributed by atoms with E-state index in [2.05, 4.69) is 19.6 Å². The summed E-state index contributed by atoms with van der Waals surface area (Å²) in [4.78, 5) is 11.8. The van der Waals surface area contributed by atoms with Crippen molar-refractivity contribution < 1.29 is 9.53 Å². The van der Waals surface area contributed by atoms with Crippen molar-refractivity contribution in [3.63, 3.8) is 0 Å². The molecular weight excluding hydrogens is 254 g/mol. The fourth-order valence-corrected chi connectivity index (χ4v) is 2.73. The van der Waals surface area contributed by atoms with Gasteiger partial charge in [-0.1, -0.05) is 32.5 Å². The normalized spacial score (nSPS) is 24.9. The first-order chi connectivity index (χ1) is 7.40. The first kappa shape index (κ1) is 16.9. The molecule has 2 atom stereocenters. The molecule has 1 saturated carbocycles. The highest BCUT2D eigenvalue weighted by atomic mass is 35.5. The van der Waals surface area contributed by atoms with Gasteiger partial charge in [0.2, 0.25) is 0 Å². The van der Waals surface area contributed by atoms with Gasteiger partial charge in [0, 0.05) is 14.1 Å². The molecule has 1 rings (SSSR count). The van der Waals surface area contributed by atoms with Crippen molar-refractivity contribution in [3.05, 3.63) is 0 Å². The van der Waals surface area contributed by atoms with Gasteiger partial charge in [-0.25, -0.2) is 0 Å². The Labute approximate surface area is 112 Å². The van der Waals surface area contributed by atoms with Gasteiger partial charge in [0.15, 0.2) is 0 Å². The number of ether oxygens (including phenoxy) is 1. The number of hydrogen-bond acceptors (Lipinski definition) is 3. The van der Waals surface area contributed by atoms with E-state index >= 15 is 0 Å². The highest BCUT2D eigenvalue weighted by Gasteiger charge is 2.29. The summed E-state index contributed by atoms with van der Waals surface area (Å²) in [6, 6.07) is 1.06. The van der Waals surface area contributed by atoms with E-state index in [1.165, 1.54) is 0 Å². The Kier molecular flexibility index (Phi) is 7.36. The predicted molar refractivity (Wildman–Crippen MR) is 76.3 cm³/mol. The second-order valence-corrected chi connectivity index (χ2v) is 11.7. The van der Waals surface area contributed by atoms with E-state index in [4.69, 9.17) is 10.5 Å². The molecule has 1 fully saturated rings. The molecule has 0 aromatic rings. The van der Waals surface area contributed by atoms with Gasteiger partial charge in [0.05, 0.1) is 12.5 Å². The van der Waals surface area contributed by atoms with Gasteiger partial charge in [-0.05, 0) is 18.9 Å². The zero-order chi connectivity index (χ0) is 12.2. The molecular formula is C12H26ClNO2Si. The smallest absolute Gasteiger partial charge is 0.310 e. The molecule has 0 radical (unpaired) electrons. The number of halogens is 1. The van der Waals surface area contributed by atoms with E-state index in [-0.39, 0.29) is 30.3 Å². The lowest BCUT2D eigenvalue weighted by Gasteiger charge is -2.27. The van der Waals surface area contributed by atoms with E-state index in [1.807, 2.05) is 0 Å². The van der Waals surface area contributed by atoms with Gasteiger partial charge in [-0.2, -0.15) is 0 Å². The molecule has 17 heavy (non-hydrogen) atoms. The van der Waals surface area contributed by atoms with Crippen LogP contribution in [0.25, 0.3) is 0 Å². The van der Waals surface area contributed by atoms with Crippen molar-refractivity contribution in [3.8, 4) is 0 Å². The molecule has 0 unspecified atom stereocenters. The average molecular weight is 280 g/mol. The number of rotatable bonds is 4. The monoisotopic (exact) mass is 279 g/mol. The summed E-state index contributed by atoms with van der Waals surface area (Å²) in [5.74, 6) is -0.110. The van der Waals surface area contributed by atoms with E-state index in [9.17, 15) is 4.79 Å². The van der Waals surface area contributed by atoms with Gasteiger partial charge in [-0.15, -0.1) is 12.4 Å². The van der Waals surface area contributed by atoms with Crippen molar-refractivity contribution in [1.82, 2.24) is 0 Å². The van der Waals surface area contributed by atoms with Crippen LogP contribution in [0.3, 0.4) is 0 Å². The molecule has 5 heteroatoms. The molecule has 0 spiro atoms. The molecule has 0 heterocycles. The van der Waals surface area contributed by atoms with Crippen molar-refractivity contribution in [2.24, 2.45) is 11.7 Å². The number of hydrogen-bond donors (Lipinski definition) is 1. The maximum atomic E-state index is 11.8. The van der Waals surface area contributed by atoms with E-state index in [0.29, 0.717) is 6.61 Å². The van der Waals surface area contributed by atoms with Crippen LogP contribution >= 0.6 is 12.4 Å². The van der Waals surface area contributed by atoms with Gasteiger partial charge in [-0.3, -0.25) is 4.79 Å². The molecule has 3 nitrogen and oxygen atoms in total. The number of esters is 1. The third kappa shape index (κ3) is 6.43. The lowest BCUT2D eigenvalue weighted by molar-refractivity contribution is -0.149. The second kappa shape index (κ2) is 7.39. The van der Waals surface area contributed by atoms with Crippen LogP contribution in [0, 0.1) is 5.92 Å². The lowest BCUT2D eigenvalue weighted by Crippen LogP contribution is -2.39. The fourth-order valence-electron chi connectivity index (χ4n) is 2.02. The van der Waals surface area contributed by atoms with Crippen LogP contribution in [0.4, 0.5) is 0 Å². The molecule has 0 bridgehead atoms. The highest BCUT2D eigenvalue weighted by Crippen LogP contribution is 2.24. The molecule has 0 aromatic heterocycles. The number of carbonyl (C=O) groups is 1. The quantitative estimate of drug-likeness (QED) is 0.636. The topological polar surface area (TPSA) is 52.3 Å². The van der Waals surface area contributed by atoms with Crippen molar-refractivity contribution >= 4 is 26.5 Å². The Morgan fingerprint density at radius 3 is 2.41 bits per heavy atom. The molecule has 2 N–H and O–H groups in total. The fraction of sp³-hybridized carbons (Fsp3) is 0.917. The number of nitrogens with two attached hydrogens (primary N) is 1. The van der Waals surface area contributed by atoms with Crippen LogP contribution < -0.4 is 5.73 Å². The molecule has 102 valence electrons. The van der Waals surface area contributed by atoms with Crippen molar-refractivity contribution in [1.29, 1.82) is 0 Å². The Morgan fingerprint density at radius 1 is 1.29 bits per heavy atom. The second-order valence-electron chi connectivity index (χ2n) is 6.03. The summed E-state index contributed by atoms with van der Waals surface area (Å²) < 4.78 is 5.34. The Hall–Kier alpha value is -0.0631. The zero-order valence-electron chi connectivity index (χ0n) is 11.2. The molecule has 1 aliphatic rings. The Balaban J connectivity index is 0.00000256. The zero-order valence-corrected chi connectivity index (χ0v) is 13.0. The summed E-state index contributed by atoms with van der Waals surface area (Å²) in [6.07, 6.45) is 4.14. The molecule has 1 aliphatic carbocycles. The first-order valence-electron chi connectivity index (χ1n) is 6.32. The first-order valence-corrected chi connectivity index (χ1v) is 10.0. The van der Waals surface area contributed by atoms with E-state index < -0.39 is 8.07 Å². The third-order valence-corrected chi connectivity index (χ3v) is 4.92. The standard InChI is InChI=1S/C12H25NO2Si.ClH/c1-16(2,3)9-8-15-12(14)10-6-4-5-7-11(10)13;/h10-11H,4-9,13H2,1-3H3;1H/t10-,11-;/m0./s1. The van der Waals surface area contributed by atoms with Gasteiger partial charge < -0.3 is 10.5 Å². The minimum atomic E-state index is -1.10. The maximum Gasteiger partial charge on any atom is 0.310 e. The highest BCUT2D eigenvalue weighted by molar-refractivity contribution is 6.76. The largest absolute Gasteiger partial charge is 0.466 e. The van der Waals surface area contributed by atoms with E-state index in [1.54, 1.807) is 0 Å². The molecule has 0 aliphatic heterocycles. The summed E-state index contributed by atoms with van der Waals surface area (Å²) >= 11 is 0. The Bertz CT molecular complexity index is 243. The van der Waals surface area contributed by atoms with Gasteiger partial charge >= 0.3 is 5.97 Å². The van der Waals surface area contributed by atoms with Crippen LogP contribution in [-0.2, 0) is 9.53 Å². The minimum Gasteiger partial charge on any atom is -0.466 e. The Morgan fingerprint density at radius 2 is 1.88 bits per heavy atom. The van der Waals surface area contributed by atoms with Crippen LogP contribution in [0.1, 0.15) is 25.7 Å². The van der Waals surface area contributed by atoms with Crippen LogP contribution in [-0.4, -0.2) is 26.7 Å². The van der Waals surface area contributed by atoms with Crippen molar-refractivity contribution in [2.75, 3.05) is 6.61 Å². The molecule has 0 saturated heterocycles. The summed E-state index contributed by atoms with van der Waals surface area (Å²) in [5, 5.41) is 0. The average Bonchev–Trinajstić information content (AvgIpc) is 2.16. The van der Waals surface area contributed by atoms with Crippen LogP contribution in [0.15, 0.2) is 0 Å². The summed E-state index contributed by atoms with van der Waals surface area (Å²) in [7, 11) is -1.10. The van der Waals surface area contributed by atoms with Gasteiger partial charge in [0.1, 0.15) is 0 Å². The van der Waals surface area contributed by atoms with E-state index in [0.717, 1.165) is 31.7 Å².